The first-order valence-corrected chi connectivity index (χ1v) is 8.95. The minimum atomic E-state index is -0.959. The molecule has 0 bridgehead atoms. The molecular formula is C22H20N2O5. The Morgan fingerprint density at radius 3 is 2.10 bits per heavy atom. The van der Waals surface area contributed by atoms with Gasteiger partial charge in [-0.25, -0.2) is 14.6 Å². The fourth-order valence-electron chi connectivity index (χ4n) is 3.04. The topological polar surface area (TPSA) is 94.6 Å². The Labute approximate surface area is 167 Å². The number of para-hydroxylation sites is 2. The van der Waals surface area contributed by atoms with Gasteiger partial charge in [0.1, 0.15) is 6.04 Å². The van der Waals surface area contributed by atoms with Gasteiger partial charge < -0.3 is 14.8 Å². The van der Waals surface area contributed by atoms with E-state index in [1.807, 2.05) is 48.5 Å². The van der Waals surface area contributed by atoms with Crippen LogP contribution in [0.1, 0.15) is 16.8 Å². The van der Waals surface area contributed by atoms with Gasteiger partial charge in [0.25, 0.3) is 5.91 Å². The summed E-state index contributed by atoms with van der Waals surface area (Å²) in [4.78, 5) is 41.2. The summed E-state index contributed by atoms with van der Waals surface area (Å²) >= 11 is 0. The Morgan fingerprint density at radius 1 is 0.966 bits per heavy atom. The minimum Gasteiger partial charge on any atom is -0.467 e. The van der Waals surface area contributed by atoms with Crippen LogP contribution < -0.4 is 5.32 Å². The molecule has 0 aliphatic heterocycles. The standard InChI is InChI=1S/C22H20N2O5/c1-28-19(25)13-7-12-18(22(27)29-2)24-21(26)20-14-8-3-5-10-16(14)23-17-11-6-4-9-15(17)20/h3-11,13,18H,12H2,1-2H3,(H,24,26)/b13-7+/t18-/m1/s1. The first kappa shape index (κ1) is 20.0. The summed E-state index contributed by atoms with van der Waals surface area (Å²) in [6.07, 6.45) is 2.73. The zero-order valence-electron chi connectivity index (χ0n) is 16.0. The largest absolute Gasteiger partial charge is 0.467 e. The molecule has 0 radical (unpaired) electrons. The van der Waals surface area contributed by atoms with Crippen molar-refractivity contribution in [2.24, 2.45) is 0 Å². The lowest BCUT2D eigenvalue weighted by Gasteiger charge is -2.17. The van der Waals surface area contributed by atoms with Gasteiger partial charge in [0, 0.05) is 16.8 Å². The van der Waals surface area contributed by atoms with Gasteiger partial charge in [0.2, 0.25) is 0 Å². The van der Waals surface area contributed by atoms with Gasteiger partial charge in [-0.05, 0) is 18.6 Å². The molecule has 0 spiro atoms. The molecule has 0 unspecified atom stereocenters. The molecule has 7 nitrogen and oxygen atoms in total. The SMILES string of the molecule is COC(=O)/C=C/C[C@@H](NC(=O)c1c2ccccc2nc2ccccc12)C(=O)OC. The van der Waals surface area contributed by atoms with Crippen LogP contribution >= 0.6 is 0 Å². The van der Waals surface area contributed by atoms with Crippen molar-refractivity contribution in [3.05, 3.63) is 66.2 Å². The maximum atomic E-state index is 13.2. The van der Waals surface area contributed by atoms with E-state index in [0.29, 0.717) is 27.4 Å². The number of esters is 2. The van der Waals surface area contributed by atoms with Crippen molar-refractivity contribution in [1.82, 2.24) is 10.3 Å². The van der Waals surface area contributed by atoms with E-state index in [-0.39, 0.29) is 6.42 Å². The average Bonchev–Trinajstić information content (AvgIpc) is 2.75. The van der Waals surface area contributed by atoms with Gasteiger partial charge in [-0.1, -0.05) is 42.5 Å². The fourth-order valence-corrected chi connectivity index (χ4v) is 3.04. The molecule has 0 aliphatic rings. The minimum absolute atomic E-state index is 0.0778. The number of hydrogen-bond donors (Lipinski definition) is 1. The van der Waals surface area contributed by atoms with E-state index >= 15 is 0 Å². The molecule has 2 aromatic carbocycles. The first-order valence-electron chi connectivity index (χ1n) is 8.95. The molecule has 0 fully saturated rings. The van der Waals surface area contributed by atoms with Crippen LogP contribution in [0, 0.1) is 0 Å². The van der Waals surface area contributed by atoms with Gasteiger partial charge in [0.15, 0.2) is 0 Å². The molecule has 0 saturated carbocycles. The van der Waals surface area contributed by atoms with Crippen LogP contribution in [0.15, 0.2) is 60.7 Å². The Kier molecular flexibility index (Phi) is 6.19. The van der Waals surface area contributed by atoms with Crippen molar-refractivity contribution in [2.45, 2.75) is 12.5 Å². The molecule has 1 amide bonds. The third kappa shape index (κ3) is 4.40. The van der Waals surface area contributed by atoms with E-state index in [2.05, 4.69) is 15.0 Å². The first-order chi connectivity index (χ1) is 14.0. The van der Waals surface area contributed by atoms with Crippen LogP contribution in [0.3, 0.4) is 0 Å². The summed E-state index contributed by atoms with van der Waals surface area (Å²) < 4.78 is 9.32. The number of hydrogen-bond acceptors (Lipinski definition) is 6. The van der Waals surface area contributed by atoms with Crippen molar-refractivity contribution in [3.63, 3.8) is 0 Å². The fraction of sp³-hybridized carbons (Fsp3) is 0.182. The summed E-state index contributed by atoms with van der Waals surface area (Å²) in [6, 6.07) is 13.7. The summed E-state index contributed by atoms with van der Waals surface area (Å²) in [5, 5.41) is 4.07. The molecule has 148 valence electrons. The third-order valence-corrected chi connectivity index (χ3v) is 4.43. The van der Waals surface area contributed by atoms with Crippen LogP contribution in [-0.2, 0) is 19.1 Å². The van der Waals surface area contributed by atoms with Gasteiger partial charge in [0.05, 0.1) is 30.8 Å². The second-order valence-electron chi connectivity index (χ2n) is 6.23. The lowest BCUT2D eigenvalue weighted by molar-refractivity contribution is -0.143. The van der Waals surface area contributed by atoms with E-state index in [0.717, 1.165) is 0 Å². The molecular weight excluding hydrogens is 372 g/mol. The quantitative estimate of drug-likeness (QED) is 0.394. The van der Waals surface area contributed by atoms with Gasteiger partial charge in [-0.3, -0.25) is 4.79 Å². The highest BCUT2D eigenvalue weighted by Gasteiger charge is 2.23. The Balaban J connectivity index is 1.99. The summed E-state index contributed by atoms with van der Waals surface area (Å²) in [5.41, 5.74) is 1.78. The molecule has 3 rings (SSSR count). The molecule has 3 aromatic rings. The highest BCUT2D eigenvalue weighted by molar-refractivity contribution is 6.16. The number of fused-ring (bicyclic) bond motifs is 2. The van der Waals surface area contributed by atoms with E-state index < -0.39 is 23.9 Å². The number of carbonyl (C=O) groups excluding carboxylic acids is 3. The number of pyridine rings is 1. The predicted octanol–water partition coefficient (Wildman–Crippen LogP) is 2.78. The van der Waals surface area contributed by atoms with Gasteiger partial charge in [-0.15, -0.1) is 0 Å². The summed E-state index contributed by atoms with van der Waals surface area (Å²) in [5.74, 6) is -1.59. The van der Waals surface area contributed by atoms with Crippen molar-refractivity contribution in [2.75, 3.05) is 14.2 Å². The maximum Gasteiger partial charge on any atom is 0.330 e. The van der Waals surface area contributed by atoms with E-state index in [1.165, 1.54) is 26.4 Å². The molecule has 7 heteroatoms. The second-order valence-corrected chi connectivity index (χ2v) is 6.23. The molecule has 1 heterocycles. The van der Waals surface area contributed by atoms with Crippen LogP contribution in [-0.4, -0.2) is 43.1 Å². The van der Waals surface area contributed by atoms with Crippen LogP contribution in [0.2, 0.25) is 0 Å². The summed E-state index contributed by atoms with van der Waals surface area (Å²) in [7, 11) is 2.49. The normalized spacial score (nSPS) is 12.1. The van der Waals surface area contributed by atoms with Crippen molar-refractivity contribution < 1.29 is 23.9 Å². The number of amides is 1. The number of benzene rings is 2. The number of aromatic nitrogens is 1. The monoisotopic (exact) mass is 392 g/mol. The average molecular weight is 392 g/mol. The number of ether oxygens (including phenoxy) is 2. The zero-order chi connectivity index (χ0) is 20.8. The number of nitrogens with zero attached hydrogens (tertiary/aromatic N) is 1. The van der Waals surface area contributed by atoms with Crippen LogP contribution in [0.4, 0.5) is 0 Å². The number of nitrogens with one attached hydrogen (secondary N) is 1. The van der Waals surface area contributed by atoms with Crippen molar-refractivity contribution in [3.8, 4) is 0 Å². The molecule has 1 N–H and O–H groups in total. The smallest absolute Gasteiger partial charge is 0.330 e. The Morgan fingerprint density at radius 2 is 1.55 bits per heavy atom. The van der Waals surface area contributed by atoms with Crippen LogP contribution in [0.5, 0.6) is 0 Å². The Hall–Kier alpha value is -3.74. The highest BCUT2D eigenvalue weighted by Crippen LogP contribution is 2.26. The number of rotatable bonds is 6. The maximum absolute atomic E-state index is 13.2. The van der Waals surface area contributed by atoms with E-state index in [4.69, 9.17) is 4.74 Å². The van der Waals surface area contributed by atoms with E-state index in [9.17, 15) is 14.4 Å². The Bertz CT molecular complexity index is 1050. The number of methoxy groups -OCH3 is 2. The lowest BCUT2D eigenvalue weighted by atomic mass is 10.0. The summed E-state index contributed by atoms with van der Waals surface area (Å²) in [6.45, 7) is 0. The van der Waals surface area contributed by atoms with E-state index in [1.54, 1.807) is 0 Å². The predicted molar refractivity (Wildman–Crippen MR) is 108 cm³/mol. The number of carbonyl (C=O) groups is 3. The molecule has 0 saturated heterocycles. The second kappa shape index (κ2) is 8.97. The highest BCUT2D eigenvalue weighted by atomic mass is 16.5. The van der Waals surface area contributed by atoms with Crippen LogP contribution in [0.25, 0.3) is 21.8 Å². The van der Waals surface area contributed by atoms with Crippen molar-refractivity contribution in [1.29, 1.82) is 0 Å². The zero-order valence-corrected chi connectivity index (χ0v) is 16.0. The lowest BCUT2D eigenvalue weighted by Crippen LogP contribution is -2.41. The van der Waals surface area contributed by atoms with Gasteiger partial charge in [-0.2, -0.15) is 0 Å². The molecule has 29 heavy (non-hydrogen) atoms. The molecule has 0 aliphatic carbocycles. The van der Waals surface area contributed by atoms with Gasteiger partial charge >= 0.3 is 11.9 Å². The molecule has 1 atom stereocenters. The third-order valence-electron chi connectivity index (χ3n) is 4.43. The molecule has 1 aromatic heterocycles. The van der Waals surface area contributed by atoms with Crippen molar-refractivity contribution >= 4 is 39.7 Å².